The Morgan fingerprint density at radius 1 is 1.33 bits per heavy atom. The summed E-state index contributed by atoms with van der Waals surface area (Å²) >= 11 is 0. The lowest BCUT2D eigenvalue weighted by Crippen LogP contribution is -2.31. The quantitative estimate of drug-likeness (QED) is 0.721. The number of hydrogen-bond donors (Lipinski definition) is 0. The SMILES string of the molecule is CCCc1ccc(C(=O)CN(C)CC2CCN(C)C2)cc1. The predicted octanol–water partition coefficient (Wildman–Crippen LogP) is 2.71. The molecule has 1 aromatic rings. The van der Waals surface area contributed by atoms with E-state index in [2.05, 4.69) is 43.0 Å². The third-order valence-electron chi connectivity index (χ3n) is 4.29. The maximum absolute atomic E-state index is 12.3. The number of likely N-dealkylation sites (tertiary alicyclic amines) is 1. The third kappa shape index (κ3) is 4.94. The van der Waals surface area contributed by atoms with E-state index in [-0.39, 0.29) is 5.78 Å². The van der Waals surface area contributed by atoms with E-state index in [9.17, 15) is 4.79 Å². The van der Waals surface area contributed by atoms with Gasteiger partial charge in [0, 0.05) is 18.7 Å². The number of carbonyl (C=O) groups excluding carboxylic acids is 1. The van der Waals surface area contributed by atoms with E-state index < -0.39 is 0 Å². The number of nitrogens with zero attached hydrogens (tertiary/aromatic N) is 2. The van der Waals surface area contributed by atoms with Crippen molar-refractivity contribution < 1.29 is 4.79 Å². The summed E-state index contributed by atoms with van der Waals surface area (Å²) in [5.41, 5.74) is 2.15. The van der Waals surface area contributed by atoms with Crippen molar-refractivity contribution in [1.29, 1.82) is 0 Å². The average molecular weight is 288 g/mol. The van der Waals surface area contributed by atoms with Crippen LogP contribution in [0.15, 0.2) is 24.3 Å². The minimum absolute atomic E-state index is 0.229. The molecular weight excluding hydrogens is 260 g/mol. The van der Waals surface area contributed by atoms with Crippen LogP contribution in [0.25, 0.3) is 0 Å². The minimum Gasteiger partial charge on any atom is -0.306 e. The number of rotatable bonds is 7. The Hall–Kier alpha value is -1.19. The third-order valence-corrected chi connectivity index (χ3v) is 4.29. The molecule has 0 bridgehead atoms. The number of aryl methyl sites for hydroxylation is 1. The number of carbonyl (C=O) groups is 1. The van der Waals surface area contributed by atoms with Crippen molar-refractivity contribution in [3.63, 3.8) is 0 Å². The molecule has 2 rings (SSSR count). The molecule has 0 aromatic heterocycles. The summed E-state index contributed by atoms with van der Waals surface area (Å²) in [5.74, 6) is 0.937. The van der Waals surface area contributed by atoms with Gasteiger partial charge in [0.25, 0.3) is 0 Å². The van der Waals surface area contributed by atoms with E-state index in [1.54, 1.807) is 0 Å². The number of benzene rings is 1. The van der Waals surface area contributed by atoms with Gasteiger partial charge in [0.2, 0.25) is 0 Å². The molecule has 0 radical (unpaired) electrons. The van der Waals surface area contributed by atoms with Crippen LogP contribution in [-0.4, -0.2) is 55.9 Å². The molecule has 0 spiro atoms. The van der Waals surface area contributed by atoms with Gasteiger partial charge in [-0.3, -0.25) is 9.69 Å². The van der Waals surface area contributed by atoms with Crippen molar-refractivity contribution in [2.45, 2.75) is 26.2 Å². The van der Waals surface area contributed by atoms with Crippen LogP contribution < -0.4 is 0 Å². The van der Waals surface area contributed by atoms with Gasteiger partial charge in [-0.15, -0.1) is 0 Å². The molecule has 1 aromatic carbocycles. The smallest absolute Gasteiger partial charge is 0.176 e. The lowest BCUT2D eigenvalue weighted by molar-refractivity contribution is 0.0938. The van der Waals surface area contributed by atoms with Crippen LogP contribution in [0.3, 0.4) is 0 Å². The van der Waals surface area contributed by atoms with Crippen molar-refractivity contribution >= 4 is 5.78 Å². The van der Waals surface area contributed by atoms with Crippen molar-refractivity contribution in [2.24, 2.45) is 5.92 Å². The van der Waals surface area contributed by atoms with Crippen molar-refractivity contribution in [3.8, 4) is 0 Å². The number of ketones is 1. The van der Waals surface area contributed by atoms with Gasteiger partial charge in [0.15, 0.2) is 5.78 Å². The molecule has 1 heterocycles. The van der Waals surface area contributed by atoms with E-state index in [0.717, 1.165) is 31.5 Å². The molecule has 1 fully saturated rings. The summed E-state index contributed by atoms with van der Waals surface area (Å²) in [7, 11) is 4.23. The minimum atomic E-state index is 0.229. The number of hydrogen-bond acceptors (Lipinski definition) is 3. The first-order chi connectivity index (χ1) is 10.1. The monoisotopic (exact) mass is 288 g/mol. The molecule has 1 unspecified atom stereocenters. The Morgan fingerprint density at radius 2 is 2.05 bits per heavy atom. The first kappa shape index (κ1) is 16.2. The molecule has 1 atom stereocenters. The second-order valence-corrected chi connectivity index (χ2v) is 6.48. The van der Waals surface area contributed by atoms with Gasteiger partial charge < -0.3 is 4.90 Å². The van der Waals surface area contributed by atoms with Crippen molar-refractivity contribution in [2.75, 3.05) is 40.3 Å². The molecule has 3 heteroatoms. The highest BCUT2D eigenvalue weighted by Gasteiger charge is 2.21. The zero-order valence-corrected chi connectivity index (χ0v) is 13.6. The first-order valence-corrected chi connectivity index (χ1v) is 8.07. The normalized spacial score (nSPS) is 19.3. The Kier molecular flexibility index (Phi) is 5.95. The number of likely N-dealkylation sites (N-methyl/N-ethyl adjacent to an activating group) is 1. The summed E-state index contributed by atoms with van der Waals surface area (Å²) in [4.78, 5) is 16.9. The highest BCUT2D eigenvalue weighted by atomic mass is 16.1. The van der Waals surface area contributed by atoms with E-state index in [4.69, 9.17) is 0 Å². The fourth-order valence-corrected chi connectivity index (χ4v) is 3.16. The molecule has 116 valence electrons. The van der Waals surface area contributed by atoms with Crippen LogP contribution >= 0.6 is 0 Å². The van der Waals surface area contributed by atoms with Gasteiger partial charge in [-0.05, 0) is 45.0 Å². The van der Waals surface area contributed by atoms with Gasteiger partial charge in [-0.1, -0.05) is 37.6 Å². The summed E-state index contributed by atoms with van der Waals surface area (Å²) in [5, 5.41) is 0. The van der Waals surface area contributed by atoms with Crippen LogP contribution in [0.4, 0.5) is 0 Å². The van der Waals surface area contributed by atoms with Crippen LogP contribution in [0.5, 0.6) is 0 Å². The van der Waals surface area contributed by atoms with Gasteiger partial charge in [0.05, 0.1) is 6.54 Å². The van der Waals surface area contributed by atoms with Crippen molar-refractivity contribution in [1.82, 2.24) is 9.80 Å². The summed E-state index contributed by atoms with van der Waals surface area (Å²) in [6.07, 6.45) is 3.48. The standard InChI is InChI=1S/C18H28N2O/c1-4-5-15-6-8-17(9-7-15)18(21)14-20(3)13-16-10-11-19(2)12-16/h6-9,16H,4-5,10-14H2,1-3H3. The second-order valence-electron chi connectivity index (χ2n) is 6.48. The molecule has 0 aliphatic carbocycles. The Labute approximate surface area is 128 Å². The molecule has 21 heavy (non-hydrogen) atoms. The maximum atomic E-state index is 12.3. The second kappa shape index (κ2) is 7.71. The van der Waals surface area contributed by atoms with Gasteiger partial charge in [-0.2, -0.15) is 0 Å². The zero-order valence-electron chi connectivity index (χ0n) is 13.6. The lowest BCUT2D eigenvalue weighted by Gasteiger charge is -2.20. The molecule has 0 N–H and O–H groups in total. The Morgan fingerprint density at radius 3 is 2.62 bits per heavy atom. The van der Waals surface area contributed by atoms with E-state index >= 15 is 0 Å². The lowest BCUT2D eigenvalue weighted by atomic mass is 10.0. The first-order valence-electron chi connectivity index (χ1n) is 8.07. The average Bonchev–Trinajstić information content (AvgIpc) is 2.85. The molecule has 1 aliphatic heterocycles. The highest BCUT2D eigenvalue weighted by Crippen LogP contribution is 2.15. The molecular formula is C18H28N2O. The molecule has 1 aliphatic rings. The fraction of sp³-hybridized carbons (Fsp3) is 0.611. The van der Waals surface area contributed by atoms with E-state index in [1.807, 2.05) is 12.1 Å². The summed E-state index contributed by atoms with van der Waals surface area (Å²) in [6.45, 7) is 6.06. The van der Waals surface area contributed by atoms with Crippen LogP contribution in [0.2, 0.25) is 0 Å². The topological polar surface area (TPSA) is 23.6 Å². The summed E-state index contributed by atoms with van der Waals surface area (Å²) in [6, 6.07) is 8.13. The molecule has 0 amide bonds. The van der Waals surface area contributed by atoms with Crippen LogP contribution in [-0.2, 0) is 6.42 Å². The fourth-order valence-electron chi connectivity index (χ4n) is 3.16. The van der Waals surface area contributed by atoms with Crippen LogP contribution in [0, 0.1) is 5.92 Å². The highest BCUT2D eigenvalue weighted by molar-refractivity contribution is 5.97. The van der Waals surface area contributed by atoms with Crippen LogP contribution in [0.1, 0.15) is 35.7 Å². The predicted molar refractivity (Wildman–Crippen MR) is 87.9 cm³/mol. The molecule has 0 saturated carbocycles. The van der Waals surface area contributed by atoms with Crippen molar-refractivity contribution in [3.05, 3.63) is 35.4 Å². The molecule has 3 nitrogen and oxygen atoms in total. The van der Waals surface area contributed by atoms with Gasteiger partial charge >= 0.3 is 0 Å². The van der Waals surface area contributed by atoms with Gasteiger partial charge in [-0.25, -0.2) is 0 Å². The van der Waals surface area contributed by atoms with E-state index in [1.165, 1.54) is 18.5 Å². The number of Topliss-reactive ketones (excluding diaryl/α,β-unsaturated/α-hetero) is 1. The Bertz CT molecular complexity index is 455. The Balaban J connectivity index is 1.82. The van der Waals surface area contributed by atoms with Gasteiger partial charge in [0.1, 0.15) is 0 Å². The van der Waals surface area contributed by atoms with E-state index in [0.29, 0.717) is 12.5 Å². The maximum Gasteiger partial charge on any atom is 0.176 e. The zero-order chi connectivity index (χ0) is 15.2. The summed E-state index contributed by atoms with van der Waals surface area (Å²) < 4.78 is 0. The molecule has 1 saturated heterocycles. The largest absolute Gasteiger partial charge is 0.306 e.